The van der Waals surface area contributed by atoms with Gasteiger partial charge < -0.3 is 5.84 Å². The lowest BCUT2D eigenvalue weighted by Crippen LogP contribution is -1.99. The summed E-state index contributed by atoms with van der Waals surface area (Å²) < 4.78 is 0. The molecule has 0 bridgehead atoms. The second-order valence-electron chi connectivity index (χ2n) is 3.01. The average Bonchev–Trinajstić information content (AvgIpc) is 2.08. The molecule has 0 atom stereocenters. The van der Waals surface area contributed by atoms with Crippen molar-refractivity contribution in [2.45, 2.75) is 20.8 Å². The molecule has 2 nitrogen and oxygen atoms in total. The lowest BCUT2D eigenvalue weighted by atomic mass is 10.0. The molecular weight excluding hydrogens is 148 g/mol. The van der Waals surface area contributed by atoms with E-state index in [-0.39, 0.29) is 0 Å². The standard InChI is InChI=1S/C10H14N2/c1-7-4-5-10(6-8(7)2)9(3)12-11/h4-6H,11H2,1-3H3/b12-9-. The van der Waals surface area contributed by atoms with E-state index in [1.807, 2.05) is 13.0 Å². The number of benzene rings is 1. The van der Waals surface area contributed by atoms with Crippen LogP contribution >= 0.6 is 0 Å². The molecule has 0 aromatic heterocycles. The fourth-order valence-corrected chi connectivity index (χ4v) is 1.04. The molecule has 0 fully saturated rings. The van der Waals surface area contributed by atoms with Gasteiger partial charge >= 0.3 is 0 Å². The molecule has 2 N–H and O–H groups in total. The van der Waals surface area contributed by atoms with Crippen LogP contribution in [0.25, 0.3) is 0 Å². The number of nitrogens with two attached hydrogens (primary N) is 1. The first-order valence-electron chi connectivity index (χ1n) is 3.97. The van der Waals surface area contributed by atoms with E-state index < -0.39 is 0 Å². The van der Waals surface area contributed by atoms with Crippen molar-refractivity contribution in [1.29, 1.82) is 0 Å². The minimum atomic E-state index is 0.873. The van der Waals surface area contributed by atoms with Gasteiger partial charge in [-0.05, 0) is 43.5 Å². The van der Waals surface area contributed by atoms with Gasteiger partial charge in [-0.3, -0.25) is 0 Å². The Morgan fingerprint density at radius 2 is 1.92 bits per heavy atom. The molecule has 0 aliphatic rings. The van der Waals surface area contributed by atoms with E-state index in [9.17, 15) is 0 Å². The molecule has 0 spiro atoms. The monoisotopic (exact) mass is 162 g/mol. The van der Waals surface area contributed by atoms with E-state index >= 15 is 0 Å². The first kappa shape index (κ1) is 8.78. The zero-order chi connectivity index (χ0) is 9.14. The van der Waals surface area contributed by atoms with E-state index in [1.54, 1.807) is 0 Å². The van der Waals surface area contributed by atoms with Crippen molar-refractivity contribution in [1.82, 2.24) is 0 Å². The third-order valence-electron chi connectivity index (χ3n) is 2.12. The molecule has 1 aromatic rings. The van der Waals surface area contributed by atoms with E-state index in [1.165, 1.54) is 11.1 Å². The Hall–Kier alpha value is -1.31. The van der Waals surface area contributed by atoms with Gasteiger partial charge in [0.25, 0.3) is 0 Å². The molecule has 0 amide bonds. The highest BCUT2D eigenvalue weighted by atomic mass is 15.1. The molecule has 0 unspecified atom stereocenters. The zero-order valence-corrected chi connectivity index (χ0v) is 7.76. The molecule has 1 rings (SSSR count). The van der Waals surface area contributed by atoms with Crippen molar-refractivity contribution < 1.29 is 0 Å². The first-order chi connectivity index (χ1) is 5.65. The molecule has 1 aromatic carbocycles. The highest BCUT2D eigenvalue weighted by Crippen LogP contribution is 2.10. The van der Waals surface area contributed by atoms with Crippen molar-refractivity contribution >= 4 is 5.71 Å². The molecule has 0 heterocycles. The summed E-state index contributed by atoms with van der Waals surface area (Å²) in [4.78, 5) is 0. The summed E-state index contributed by atoms with van der Waals surface area (Å²) >= 11 is 0. The minimum Gasteiger partial charge on any atom is -0.323 e. The fraction of sp³-hybridized carbons (Fsp3) is 0.300. The number of rotatable bonds is 1. The third-order valence-corrected chi connectivity index (χ3v) is 2.12. The minimum absolute atomic E-state index is 0.873. The largest absolute Gasteiger partial charge is 0.323 e. The van der Waals surface area contributed by atoms with Crippen LogP contribution in [0.4, 0.5) is 0 Å². The van der Waals surface area contributed by atoms with Crippen LogP contribution in [0.15, 0.2) is 23.3 Å². The van der Waals surface area contributed by atoms with Gasteiger partial charge in [0.05, 0.1) is 5.71 Å². The van der Waals surface area contributed by atoms with Gasteiger partial charge in [0.2, 0.25) is 0 Å². The van der Waals surface area contributed by atoms with Gasteiger partial charge in [-0.15, -0.1) is 0 Å². The Morgan fingerprint density at radius 1 is 1.25 bits per heavy atom. The lowest BCUT2D eigenvalue weighted by molar-refractivity contribution is 1.23. The molecule has 64 valence electrons. The van der Waals surface area contributed by atoms with Crippen LogP contribution in [0, 0.1) is 13.8 Å². The maximum absolute atomic E-state index is 5.18. The van der Waals surface area contributed by atoms with Gasteiger partial charge in [0, 0.05) is 0 Å². The molecule has 0 saturated heterocycles. The lowest BCUT2D eigenvalue weighted by Gasteiger charge is -2.03. The maximum Gasteiger partial charge on any atom is 0.0641 e. The predicted octanol–water partition coefficient (Wildman–Crippen LogP) is 1.99. The molecule has 0 aliphatic heterocycles. The Bertz CT molecular complexity index is 314. The van der Waals surface area contributed by atoms with E-state index in [4.69, 9.17) is 5.84 Å². The Kier molecular flexibility index (Phi) is 2.48. The second kappa shape index (κ2) is 3.39. The first-order valence-corrected chi connectivity index (χ1v) is 3.97. The molecule has 0 radical (unpaired) electrons. The molecule has 2 heteroatoms. The van der Waals surface area contributed by atoms with Crippen molar-refractivity contribution in [3.63, 3.8) is 0 Å². The number of hydrogen-bond acceptors (Lipinski definition) is 2. The maximum atomic E-state index is 5.18. The van der Waals surface area contributed by atoms with E-state index in [0.29, 0.717) is 0 Å². The van der Waals surface area contributed by atoms with Crippen molar-refractivity contribution in [2.24, 2.45) is 10.9 Å². The van der Waals surface area contributed by atoms with E-state index in [2.05, 4.69) is 31.1 Å². The summed E-state index contributed by atoms with van der Waals surface area (Å²) in [6.45, 7) is 6.08. The summed E-state index contributed by atoms with van der Waals surface area (Å²) in [6, 6.07) is 6.22. The van der Waals surface area contributed by atoms with Gasteiger partial charge in [-0.25, -0.2) is 0 Å². The number of hydrazone groups is 1. The van der Waals surface area contributed by atoms with Crippen LogP contribution in [0.3, 0.4) is 0 Å². The van der Waals surface area contributed by atoms with Crippen LogP contribution in [0.1, 0.15) is 23.6 Å². The second-order valence-corrected chi connectivity index (χ2v) is 3.01. The van der Waals surface area contributed by atoms with Crippen LogP contribution in [0.5, 0.6) is 0 Å². The fourth-order valence-electron chi connectivity index (χ4n) is 1.04. The smallest absolute Gasteiger partial charge is 0.0641 e. The number of nitrogens with zero attached hydrogens (tertiary/aromatic N) is 1. The van der Waals surface area contributed by atoms with Gasteiger partial charge in [0.15, 0.2) is 0 Å². The Morgan fingerprint density at radius 3 is 2.42 bits per heavy atom. The summed E-state index contributed by atoms with van der Waals surface area (Å²) in [5.74, 6) is 5.18. The normalized spacial score (nSPS) is 11.8. The van der Waals surface area contributed by atoms with Gasteiger partial charge in [0.1, 0.15) is 0 Å². The number of hydrogen-bond donors (Lipinski definition) is 1. The highest BCUT2D eigenvalue weighted by molar-refractivity contribution is 5.98. The van der Waals surface area contributed by atoms with Crippen molar-refractivity contribution in [3.05, 3.63) is 34.9 Å². The molecular formula is C10H14N2. The van der Waals surface area contributed by atoms with Gasteiger partial charge in [-0.2, -0.15) is 5.10 Å². The Balaban J connectivity index is 3.13. The topological polar surface area (TPSA) is 38.4 Å². The summed E-state index contributed by atoms with van der Waals surface area (Å²) in [5.41, 5.74) is 4.54. The molecule has 12 heavy (non-hydrogen) atoms. The van der Waals surface area contributed by atoms with Crippen LogP contribution in [-0.4, -0.2) is 5.71 Å². The van der Waals surface area contributed by atoms with Crippen LogP contribution in [0.2, 0.25) is 0 Å². The SMILES string of the molecule is C/C(=N/N)c1ccc(C)c(C)c1. The summed E-state index contributed by atoms with van der Waals surface area (Å²) in [7, 11) is 0. The predicted molar refractivity (Wildman–Crippen MR) is 52.3 cm³/mol. The van der Waals surface area contributed by atoms with Crippen LogP contribution < -0.4 is 5.84 Å². The molecule has 0 saturated carbocycles. The summed E-state index contributed by atoms with van der Waals surface area (Å²) in [5, 5.41) is 3.65. The van der Waals surface area contributed by atoms with E-state index in [0.717, 1.165) is 11.3 Å². The number of aryl methyl sites for hydroxylation is 2. The Labute approximate surface area is 73.1 Å². The van der Waals surface area contributed by atoms with Gasteiger partial charge in [-0.1, -0.05) is 12.1 Å². The quantitative estimate of drug-likeness (QED) is 0.383. The average molecular weight is 162 g/mol. The third kappa shape index (κ3) is 1.64. The van der Waals surface area contributed by atoms with Crippen LogP contribution in [-0.2, 0) is 0 Å². The van der Waals surface area contributed by atoms with Crippen molar-refractivity contribution in [3.8, 4) is 0 Å². The summed E-state index contributed by atoms with van der Waals surface area (Å²) in [6.07, 6.45) is 0. The molecule has 0 aliphatic carbocycles. The highest BCUT2D eigenvalue weighted by Gasteiger charge is 1.98. The van der Waals surface area contributed by atoms with Crippen molar-refractivity contribution in [2.75, 3.05) is 0 Å². The zero-order valence-electron chi connectivity index (χ0n) is 7.76.